The first-order valence-electron chi connectivity index (χ1n) is 6.98. The molecule has 2 heterocycles. The molecule has 6 nitrogen and oxygen atoms in total. The largest absolute Gasteiger partial charge is 0.482 e. The van der Waals surface area contributed by atoms with E-state index in [2.05, 4.69) is 15.5 Å². The number of hydrogen-bond donors (Lipinski definition) is 2. The standard InChI is InChI=1S/C15H16ClN3O3/c16-11-3-1-2-10(4-11)5-15(20)19-13-8-21-9-14(13)22-12-6-17-18-7-12/h1-4,6-7,13-14H,5,8-9H2,(H,17,18)(H,19,20)/t13-,14+/m0/s1. The van der Waals surface area contributed by atoms with Crippen molar-refractivity contribution in [3.8, 4) is 5.75 Å². The molecule has 2 atom stereocenters. The van der Waals surface area contributed by atoms with Gasteiger partial charge in [0.05, 0.1) is 38.1 Å². The number of aromatic nitrogens is 2. The Balaban J connectivity index is 1.56. The second-order valence-corrected chi connectivity index (χ2v) is 5.54. The van der Waals surface area contributed by atoms with Crippen LogP contribution in [-0.2, 0) is 16.0 Å². The average molecular weight is 322 g/mol. The van der Waals surface area contributed by atoms with Crippen molar-refractivity contribution >= 4 is 17.5 Å². The molecule has 2 N–H and O–H groups in total. The lowest BCUT2D eigenvalue weighted by Crippen LogP contribution is -2.45. The van der Waals surface area contributed by atoms with Gasteiger partial charge < -0.3 is 14.8 Å². The third kappa shape index (κ3) is 3.78. The molecule has 1 aromatic carbocycles. The van der Waals surface area contributed by atoms with Crippen molar-refractivity contribution in [2.45, 2.75) is 18.6 Å². The molecular formula is C15H16ClN3O3. The van der Waals surface area contributed by atoms with Crippen LogP contribution in [-0.4, -0.2) is 41.5 Å². The van der Waals surface area contributed by atoms with E-state index in [-0.39, 0.29) is 24.5 Å². The summed E-state index contributed by atoms with van der Waals surface area (Å²) in [6.45, 7) is 0.872. The summed E-state index contributed by atoms with van der Waals surface area (Å²) in [5.74, 6) is 0.545. The maximum Gasteiger partial charge on any atom is 0.224 e. The molecule has 0 saturated carbocycles. The van der Waals surface area contributed by atoms with Gasteiger partial charge in [-0.15, -0.1) is 0 Å². The summed E-state index contributed by atoms with van der Waals surface area (Å²) in [5.41, 5.74) is 0.871. The minimum atomic E-state index is -0.221. The Kier molecular flexibility index (Phi) is 4.60. The molecule has 22 heavy (non-hydrogen) atoms. The Morgan fingerprint density at radius 2 is 2.41 bits per heavy atom. The normalized spacial score (nSPS) is 20.8. The van der Waals surface area contributed by atoms with E-state index in [1.165, 1.54) is 0 Å². The van der Waals surface area contributed by atoms with Crippen LogP contribution in [0.4, 0.5) is 0 Å². The highest BCUT2D eigenvalue weighted by molar-refractivity contribution is 6.30. The summed E-state index contributed by atoms with van der Waals surface area (Å²) >= 11 is 5.92. The van der Waals surface area contributed by atoms with Gasteiger partial charge in [0.15, 0.2) is 5.75 Å². The van der Waals surface area contributed by atoms with Crippen molar-refractivity contribution in [2.75, 3.05) is 13.2 Å². The number of ether oxygens (including phenoxy) is 2. The van der Waals surface area contributed by atoms with Crippen molar-refractivity contribution < 1.29 is 14.3 Å². The summed E-state index contributed by atoms with van der Waals surface area (Å²) in [6, 6.07) is 7.08. The van der Waals surface area contributed by atoms with Crippen molar-refractivity contribution in [3.63, 3.8) is 0 Å². The SMILES string of the molecule is O=C(Cc1cccc(Cl)c1)N[C@H]1COC[C@H]1Oc1cn[nH]c1. The predicted molar refractivity (Wildman–Crippen MR) is 80.9 cm³/mol. The number of nitrogens with zero attached hydrogens (tertiary/aromatic N) is 1. The van der Waals surface area contributed by atoms with Gasteiger partial charge in [-0.25, -0.2) is 0 Å². The Bertz CT molecular complexity index is 633. The lowest BCUT2D eigenvalue weighted by Gasteiger charge is -2.19. The summed E-state index contributed by atoms with van der Waals surface area (Å²) in [5, 5.41) is 10.1. The van der Waals surface area contributed by atoms with Crippen molar-refractivity contribution in [3.05, 3.63) is 47.2 Å². The monoisotopic (exact) mass is 321 g/mol. The maximum atomic E-state index is 12.1. The first-order chi connectivity index (χ1) is 10.7. The van der Waals surface area contributed by atoms with Crippen molar-refractivity contribution in [1.29, 1.82) is 0 Å². The number of H-pyrrole nitrogens is 1. The lowest BCUT2D eigenvalue weighted by atomic mass is 10.1. The third-order valence-corrected chi connectivity index (χ3v) is 3.62. The molecule has 7 heteroatoms. The zero-order chi connectivity index (χ0) is 15.4. The van der Waals surface area contributed by atoms with Crippen LogP contribution >= 0.6 is 11.6 Å². The van der Waals surface area contributed by atoms with Crippen LogP contribution in [0.3, 0.4) is 0 Å². The molecule has 1 aliphatic heterocycles. The number of rotatable bonds is 5. The van der Waals surface area contributed by atoms with Gasteiger partial charge in [-0.3, -0.25) is 9.89 Å². The molecule has 0 spiro atoms. The second kappa shape index (κ2) is 6.81. The van der Waals surface area contributed by atoms with Crippen LogP contribution in [0.2, 0.25) is 5.02 Å². The topological polar surface area (TPSA) is 76.2 Å². The highest BCUT2D eigenvalue weighted by Crippen LogP contribution is 2.16. The van der Waals surface area contributed by atoms with Gasteiger partial charge in [0.25, 0.3) is 0 Å². The van der Waals surface area contributed by atoms with Gasteiger partial charge in [-0.1, -0.05) is 23.7 Å². The molecule has 0 unspecified atom stereocenters. The zero-order valence-corrected chi connectivity index (χ0v) is 12.5. The number of nitrogens with one attached hydrogen (secondary N) is 2. The molecule has 0 radical (unpaired) electrons. The molecule has 1 aliphatic rings. The summed E-state index contributed by atoms with van der Waals surface area (Å²) < 4.78 is 11.1. The van der Waals surface area contributed by atoms with Gasteiger partial charge in [0, 0.05) is 5.02 Å². The Morgan fingerprint density at radius 3 is 3.18 bits per heavy atom. The number of amides is 1. The van der Waals surface area contributed by atoms with E-state index in [1.54, 1.807) is 24.5 Å². The molecule has 116 valence electrons. The van der Waals surface area contributed by atoms with Crippen LogP contribution in [0.25, 0.3) is 0 Å². The first-order valence-corrected chi connectivity index (χ1v) is 7.35. The van der Waals surface area contributed by atoms with Gasteiger partial charge in [-0.05, 0) is 17.7 Å². The van der Waals surface area contributed by atoms with Crippen LogP contribution in [0, 0.1) is 0 Å². The van der Waals surface area contributed by atoms with E-state index in [9.17, 15) is 4.79 Å². The number of carbonyl (C=O) groups excluding carboxylic acids is 1. The fourth-order valence-electron chi connectivity index (χ4n) is 2.35. The predicted octanol–water partition coefficient (Wildman–Crippen LogP) is 1.57. The molecule has 2 aromatic rings. The Labute approximate surface area is 132 Å². The number of aromatic amines is 1. The van der Waals surface area contributed by atoms with Gasteiger partial charge in [-0.2, -0.15) is 5.10 Å². The van der Waals surface area contributed by atoms with E-state index in [4.69, 9.17) is 21.1 Å². The number of hydrogen-bond acceptors (Lipinski definition) is 4. The van der Waals surface area contributed by atoms with E-state index < -0.39 is 0 Å². The van der Waals surface area contributed by atoms with E-state index >= 15 is 0 Å². The maximum absolute atomic E-state index is 12.1. The summed E-state index contributed by atoms with van der Waals surface area (Å²) in [6.07, 6.45) is 3.29. The molecule has 1 saturated heterocycles. The van der Waals surface area contributed by atoms with Gasteiger partial charge in [0.1, 0.15) is 6.10 Å². The summed E-state index contributed by atoms with van der Waals surface area (Å²) in [4.78, 5) is 12.1. The third-order valence-electron chi connectivity index (χ3n) is 3.39. The molecule has 1 amide bonds. The zero-order valence-electron chi connectivity index (χ0n) is 11.8. The van der Waals surface area contributed by atoms with Crippen molar-refractivity contribution in [2.24, 2.45) is 0 Å². The molecule has 0 aliphatic carbocycles. The van der Waals surface area contributed by atoms with Gasteiger partial charge in [0.2, 0.25) is 5.91 Å². The van der Waals surface area contributed by atoms with Crippen LogP contribution in [0.1, 0.15) is 5.56 Å². The van der Waals surface area contributed by atoms with E-state index in [0.29, 0.717) is 24.0 Å². The number of carbonyl (C=O) groups is 1. The Hall–Kier alpha value is -2.05. The molecule has 3 rings (SSSR count). The molecular weight excluding hydrogens is 306 g/mol. The number of halogens is 1. The van der Waals surface area contributed by atoms with Crippen molar-refractivity contribution in [1.82, 2.24) is 15.5 Å². The lowest BCUT2D eigenvalue weighted by molar-refractivity contribution is -0.121. The minimum Gasteiger partial charge on any atom is -0.482 e. The first kappa shape index (κ1) is 14.9. The average Bonchev–Trinajstić information content (AvgIpc) is 3.12. The van der Waals surface area contributed by atoms with Crippen LogP contribution in [0.5, 0.6) is 5.75 Å². The second-order valence-electron chi connectivity index (χ2n) is 5.11. The van der Waals surface area contributed by atoms with Crippen LogP contribution < -0.4 is 10.1 Å². The minimum absolute atomic E-state index is 0.0847. The smallest absolute Gasteiger partial charge is 0.224 e. The highest BCUT2D eigenvalue weighted by atomic mass is 35.5. The number of benzene rings is 1. The fraction of sp³-hybridized carbons (Fsp3) is 0.333. The van der Waals surface area contributed by atoms with E-state index in [1.807, 2.05) is 12.1 Å². The molecule has 0 bridgehead atoms. The highest BCUT2D eigenvalue weighted by Gasteiger charge is 2.31. The van der Waals surface area contributed by atoms with E-state index in [0.717, 1.165) is 5.56 Å². The fourth-order valence-corrected chi connectivity index (χ4v) is 2.57. The Morgan fingerprint density at radius 1 is 1.50 bits per heavy atom. The summed E-state index contributed by atoms with van der Waals surface area (Å²) in [7, 11) is 0. The molecule has 1 aromatic heterocycles. The van der Waals surface area contributed by atoms with Gasteiger partial charge >= 0.3 is 0 Å². The quantitative estimate of drug-likeness (QED) is 0.876. The van der Waals surface area contributed by atoms with Crippen LogP contribution in [0.15, 0.2) is 36.7 Å². The molecule has 1 fully saturated rings.